The Labute approximate surface area is 152 Å². The van der Waals surface area contributed by atoms with E-state index in [1.54, 1.807) is 12.3 Å². The zero-order chi connectivity index (χ0) is 18.5. The third-order valence-corrected chi connectivity index (χ3v) is 3.91. The number of nitrogens with zero attached hydrogens (tertiary/aromatic N) is 2. The fourth-order valence-corrected chi connectivity index (χ4v) is 2.47. The first-order valence-electron chi connectivity index (χ1n) is 8.33. The van der Waals surface area contributed by atoms with Crippen LogP contribution in [-0.2, 0) is 6.61 Å². The smallest absolute Gasteiger partial charge is 0.273 e. The van der Waals surface area contributed by atoms with Gasteiger partial charge in [0.1, 0.15) is 18.2 Å². The van der Waals surface area contributed by atoms with E-state index in [9.17, 15) is 4.79 Å². The van der Waals surface area contributed by atoms with Crippen LogP contribution in [-0.4, -0.2) is 10.9 Å². The molecule has 2 N–H and O–H groups in total. The number of aromatic nitrogens is 1. The SMILES string of the molecule is Cc1ccc(COc2ccc(/C=N\n3c(N)cc(C)cc3=O)cc2)cc1. The molecule has 0 aliphatic rings. The molecule has 0 bridgehead atoms. The summed E-state index contributed by atoms with van der Waals surface area (Å²) in [5.74, 6) is 1.08. The quantitative estimate of drug-likeness (QED) is 0.718. The van der Waals surface area contributed by atoms with Gasteiger partial charge in [0, 0.05) is 6.07 Å². The second-order valence-corrected chi connectivity index (χ2v) is 6.20. The van der Waals surface area contributed by atoms with Crippen molar-refractivity contribution in [2.24, 2.45) is 5.10 Å². The molecule has 0 unspecified atom stereocenters. The van der Waals surface area contributed by atoms with E-state index >= 15 is 0 Å². The van der Waals surface area contributed by atoms with Crippen molar-refractivity contribution in [3.63, 3.8) is 0 Å². The molecule has 0 aliphatic carbocycles. The number of hydrogen-bond donors (Lipinski definition) is 1. The van der Waals surface area contributed by atoms with Gasteiger partial charge in [0.15, 0.2) is 0 Å². The van der Waals surface area contributed by atoms with E-state index in [1.807, 2.05) is 31.2 Å². The van der Waals surface area contributed by atoms with E-state index in [2.05, 4.69) is 36.3 Å². The van der Waals surface area contributed by atoms with Crippen molar-refractivity contribution in [3.05, 3.63) is 93.3 Å². The van der Waals surface area contributed by atoms with Gasteiger partial charge in [-0.2, -0.15) is 9.78 Å². The third-order valence-electron chi connectivity index (χ3n) is 3.91. The lowest BCUT2D eigenvalue weighted by atomic mass is 10.2. The van der Waals surface area contributed by atoms with Crippen molar-refractivity contribution < 1.29 is 4.74 Å². The van der Waals surface area contributed by atoms with Gasteiger partial charge in [0.25, 0.3) is 5.56 Å². The van der Waals surface area contributed by atoms with Crippen LogP contribution in [0.25, 0.3) is 0 Å². The van der Waals surface area contributed by atoms with Gasteiger partial charge in [-0.25, -0.2) is 0 Å². The number of nitrogens with two attached hydrogens (primary N) is 1. The molecule has 0 fully saturated rings. The predicted octanol–water partition coefficient (Wildman–Crippen LogP) is 3.51. The van der Waals surface area contributed by atoms with Crippen LogP contribution < -0.4 is 16.0 Å². The highest BCUT2D eigenvalue weighted by Crippen LogP contribution is 2.14. The largest absolute Gasteiger partial charge is 0.489 e. The van der Waals surface area contributed by atoms with Gasteiger partial charge in [0.05, 0.1) is 6.21 Å². The molecular weight excluding hydrogens is 326 g/mol. The summed E-state index contributed by atoms with van der Waals surface area (Å²) in [5, 5.41) is 4.16. The van der Waals surface area contributed by atoms with Gasteiger partial charge in [-0.3, -0.25) is 4.79 Å². The summed E-state index contributed by atoms with van der Waals surface area (Å²) in [6.45, 7) is 4.40. The minimum absolute atomic E-state index is 0.253. The van der Waals surface area contributed by atoms with Gasteiger partial charge in [-0.15, -0.1) is 0 Å². The Bertz CT molecular complexity index is 972. The lowest BCUT2D eigenvalue weighted by Gasteiger charge is -2.07. The monoisotopic (exact) mass is 347 g/mol. The van der Waals surface area contributed by atoms with Gasteiger partial charge >= 0.3 is 0 Å². The Balaban J connectivity index is 1.66. The standard InChI is InChI=1S/C21H21N3O2/c1-15-3-5-18(6-4-15)14-26-19-9-7-17(8-10-19)13-23-24-20(22)11-16(2)12-21(24)25/h3-13H,14,22H2,1-2H3/b23-13-. The van der Waals surface area contributed by atoms with Gasteiger partial charge in [-0.1, -0.05) is 29.8 Å². The summed E-state index contributed by atoms with van der Waals surface area (Å²) in [6.07, 6.45) is 1.59. The van der Waals surface area contributed by atoms with Crippen LogP contribution in [0.5, 0.6) is 5.75 Å². The molecule has 5 nitrogen and oxygen atoms in total. The van der Waals surface area contributed by atoms with Crippen LogP contribution in [0.2, 0.25) is 0 Å². The minimum Gasteiger partial charge on any atom is -0.489 e. The Kier molecular flexibility index (Phi) is 5.17. The van der Waals surface area contributed by atoms with Gasteiger partial charge in [0.2, 0.25) is 0 Å². The number of rotatable bonds is 5. The molecule has 0 radical (unpaired) electrons. The topological polar surface area (TPSA) is 69.6 Å². The van der Waals surface area contributed by atoms with E-state index in [4.69, 9.17) is 10.5 Å². The van der Waals surface area contributed by atoms with Gasteiger partial charge < -0.3 is 10.5 Å². The Morgan fingerprint density at radius 1 is 1.00 bits per heavy atom. The zero-order valence-corrected chi connectivity index (χ0v) is 14.8. The highest BCUT2D eigenvalue weighted by atomic mass is 16.5. The van der Waals surface area contributed by atoms with Crippen molar-refractivity contribution >= 4 is 12.0 Å². The Hall–Kier alpha value is -3.34. The van der Waals surface area contributed by atoms with Crippen molar-refractivity contribution in [1.29, 1.82) is 0 Å². The second-order valence-electron chi connectivity index (χ2n) is 6.20. The van der Waals surface area contributed by atoms with Crippen molar-refractivity contribution in [3.8, 4) is 5.75 Å². The molecule has 26 heavy (non-hydrogen) atoms. The average molecular weight is 347 g/mol. The van der Waals surface area contributed by atoms with Crippen LogP contribution in [0.15, 0.2) is 70.6 Å². The summed E-state index contributed by atoms with van der Waals surface area (Å²) in [6, 6.07) is 18.9. The van der Waals surface area contributed by atoms with E-state index < -0.39 is 0 Å². The first-order chi connectivity index (χ1) is 12.5. The minimum atomic E-state index is -0.253. The predicted molar refractivity (Wildman–Crippen MR) is 105 cm³/mol. The molecule has 0 spiro atoms. The number of benzene rings is 2. The number of pyridine rings is 1. The molecule has 0 saturated heterocycles. The summed E-state index contributed by atoms with van der Waals surface area (Å²) < 4.78 is 6.96. The van der Waals surface area contributed by atoms with Crippen molar-refractivity contribution in [1.82, 2.24) is 4.68 Å². The number of hydrogen-bond acceptors (Lipinski definition) is 4. The maximum absolute atomic E-state index is 11.9. The molecule has 5 heteroatoms. The molecule has 0 amide bonds. The van der Waals surface area contributed by atoms with Crippen LogP contribution in [0.1, 0.15) is 22.3 Å². The summed E-state index contributed by atoms with van der Waals surface area (Å²) in [5.41, 5.74) is 9.60. The summed E-state index contributed by atoms with van der Waals surface area (Å²) >= 11 is 0. The molecule has 3 rings (SSSR count). The van der Waals surface area contributed by atoms with E-state index in [-0.39, 0.29) is 5.56 Å². The fourth-order valence-electron chi connectivity index (χ4n) is 2.47. The van der Waals surface area contributed by atoms with Crippen LogP contribution in [0, 0.1) is 13.8 Å². The zero-order valence-electron chi connectivity index (χ0n) is 14.8. The van der Waals surface area contributed by atoms with E-state index in [0.717, 1.165) is 22.4 Å². The summed E-state index contributed by atoms with van der Waals surface area (Å²) in [7, 11) is 0. The molecule has 0 saturated carbocycles. The van der Waals surface area contributed by atoms with E-state index in [1.165, 1.54) is 16.3 Å². The normalized spacial score (nSPS) is 11.0. The molecular formula is C21H21N3O2. The molecule has 1 heterocycles. The van der Waals surface area contributed by atoms with Crippen molar-refractivity contribution in [2.75, 3.05) is 5.73 Å². The molecule has 1 aromatic heterocycles. The number of aryl methyl sites for hydroxylation is 2. The van der Waals surface area contributed by atoms with Crippen LogP contribution in [0.4, 0.5) is 5.82 Å². The van der Waals surface area contributed by atoms with E-state index in [0.29, 0.717) is 12.4 Å². The molecule has 2 aromatic carbocycles. The van der Waals surface area contributed by atoms with Crippen LogP contribution in [0.3, 0.4) is 0 Å². The highest BCUT2D eigenvalue weighted by Gasteiger charge is 2.00. The number of anilines is 1. The average Bonchev–Trinajstić information content (AvgIpc) is 2.61. The fraction of sp³-hybridized carbons (Fsp3) is 0.143. The highest BCUT2D eigenvalue weighted by molar-refractivity contribution is 5.79. The van der Waals surface area contributed by atoms with Crippen molar-refractivity contribution in [2.45, 2.75) is 20.5 Å². The lowest BCUT2D eigenvalue weighted by molar-refractivity contribution is 0.306. The molecule has 3 aromatic rings. The molecule has 0 aliphatic heterocycles. The third kappa shape index (κ3) is 4.39. The maximum atomic E-state index is 11.9. The lowest BCUT2D eigenvalue weighted by Crippen LogP contribution is -2.19. The van der Waals surface area contributed by atoms with Gasteiger partial charge in [-0.05, 0) is 60.9 Å². The summed E-state index contributed by atoms with van der Waals surface area (Å²) in [4.78, 5) is 11.9. The number of nitrogen functional groups attached to an aromatic ring is 1. The second kappa shape index (κ2) is 7.70. The number of ether oxygens (including phenoxy) is 1. The Morgan fingerprint density at radius 2 is 1.69 bits per heavy atom. The molecule has 132 valence electrons. The first-order valence-corrected chi connectivity index (χ1v) is 8.33. The maximum Gasteiger partial charge on any atom is 0.273 e. The first kappa shape index (κ1) is 17.5. The van der Waals surface area contributed by atoms with Crippen LogP contribution >= 0.6 is 0 Å². The Morgan fingerprint density at radius 3 is 2.35 bits per heavy atom. The molecule has 0 atom stereocenters.